The third-order valence-corrected chi connectivity index (χ3v) is 3.00. The van der Waals surface area contributed by atoms with Crippen LogP contribution in [-0.2, 0) is 7.05 Å². The van der Waals surface area contributed by atoms with E-state index in [-0.39, 0.29) is 17.7 Å². The van der Waals surface area contributed by atoms with Crippen molar-refractivity contribution in [2.45, 2.75) is 20.8 Å². The molecule has 0 aliphatic heterocycles. The second-order valence-corrected chi connectivity index (χ2v) is 4.56. The van der Waals surface area contributed by atoms with E-state index in [1.54, 1.807) is 29.6 Å². The number of oxime groups is 1. The van der Waals surface area contributed by atoms with Crippen LogP contribution in [0, 0.1) is 12.8 Å². The molecule has 106 valence electrons. The molecular weight excluding hydrogens is 246 g/mol. The largest absolute Gasteiger partial charge is 0.409 e. The lowest BCUT2D eigenvalue weighted by Crippen LogP contribution is -2.39. The maximum atomic E-state index is 12.4. The molecule has 1 heterocycles. The van der Waals surface area contributed by atoms with Gasteiger partial charge in [0.05, 0.1) is 5.69 Å². The normalized spacial score (nSPS) is 13.4. The summed E-state index contributed by atoms with van der Waals surface area (Å²) in [4.78, 5) is 14.0. The van der Waals surface area contributed by atoms with Gasteiger partial charge in [0.15, 0.2) is 0 Å². The Kier molecular flexibility index (Phi) is 4.91. The molecule has 1 aromatic rings. The number of hydrogen-bond donors (Lipinski definition) is 2. The van der Waals surface area contributed by atoms with Gasteiger partial charge in [-0.25, -0.2) is 0 Å². The zero-order chi connectivity index (χ0) is 14.6. The average molecular weight is 267 g/mol. The molecular formula is C12H21N5O2. The predicted molar refractivity (Wildman–Crippen MR) is 72.1 cm³/mol. The molecule has 1 rings (SSSR count). The molecule has 0 aliphatic rings. The summed E-state index contributed by atoms with van der Waals surface area (Å²) in [7, 11) is 1.74. The summed E-state index contributed by atoms with van der Waals surface area (Å²) in [5, 5.41) is 15.8. The number of carbonyl (C=O) groups excluding carboxylic acids is 1. The molecule has 0 fully saturated rings. The number of nitrogens with zero attached hydrogens (tertiary/aromatic N) is 4. The van der Waals surface area contributed by atoms with Crippen molar-refractivity contribution in [2.75, 3.05) is 13.1 Å². The van der Waals surface area contributed by atoms with Crippen molar-refractivity contribution >= 4 is 11.7 Å². The zero-order valence-corrected chi connectivity index (χ0v) is 11.8. The van der Waals surface area contributed by atoms with Crippen LogP contribution in [0.1, 0.15) is 30.0 Å². The van der Waals surface area contributed by atoms with Crippen molar-refractivity contribution in [1.29, 1.82) is 0 Å². The first-order chi connectivity index (χ1) is 8.90. The van der Waals surface area contributed by atoms with Crippen molar-refractivity contribution in [3.05, 3.63) is 17.5 Å². The van der Waals surface area contributed by atoms with Crippen molar-refractivity contribution < 1.29 is 10.0 Å². The molecule has 1 aromatic heterocycles. The molecule has 0 saturated carbocycles. The summed E-state index contributed by atoms with van der Waals surface area (Å²) < 4.78 is 1.56. The van der Waals surface area contributed by atoms with E-state index in [0.29, 0.717) is 18.8 Å². The maximum Gasteiger partial charge on any atom is 0.272 e. The predicted octanol–water partition coefficient (Wildman–Crippen LogP) is 0.573. The van der Waals surface area contributed by atoms with Crippen molar-refractivity contribution in [2.24, 2.45) is 23.9 Å². The molecule has 0 spiro atoms. The fourth-order valence-corrected chi connectivity index (χ4v) is 1.85. The minimum Gasteiger partial charge on any atom is -0.409 e. The molecule has 0 aromatic carbocycles. The van der Waals surface area contributed by atoms with E-state index >= 15 is 0 Å². The summed E-state index contributed by atoms with van der Waals surface area (Å²) in [5.41, 5.74) is 6.87. The van der Waals surface area contributed by atoms with Gasteiger partial charge in [0.25, 0.3) is 5.91 Å². The summed E-state index contributed by atoms with van der Waals surface area (Å²) in [6.07, 6.45) is 0. The average Bonchev–Trinajstić information content (AvgIpc) is 2.72. The highest BCUT2D eigenvalue weighted by atomic mass is 16.4. The summed E-state index contributed by atoms with van der Waals surface area (Å²) >= 11 is 0. The standard InChI is InChI=1S/C12H21N5O2/c1-5-17(7-8(2)11(13)15-19)12(18)10-6-9(3)14-16(10)4/h6,8,19H,5,7H2,1-4H3,(H2,13,15). The van der Waals surface area contributed by atoms with E-state index in [2.05, 4.69) is 10.3 Å². The first-order valence-corrected chi connectivity index (χ1v) is 6.18. The number of carbonyl (C=O) groups is 1. The fraction of sp³-hybridized carbons (Fsp3) is 0.583. The number of aryl methyl sites for hydroxylation is 2. The van der Waals surface area contributed by atoms with E-state index < -0.39 is 0 Å². The van der Waals surface area contributed by atoms with Crippen molar-refractivity contribution in [3.8, 4) is 0 Å². The van der Waals surface area contributed by atoms with Gasteiger partial charge in [-0.3, -0.25) is 9.48 Å². The van der Waals surface area contributed by atoms with Gasteiger partial charge < -0.3 is 15.8 Å². The van der Waals surface area contributed by atoms with Gasteiger partial charge in [-0.1, -0.05) is 12.1 Å². The summed E-state index contributed by atoms with van der Waals surface area (Å²) in [6.45, 7) is 6.48. The molecule has 0 saturated heterocycles. The highest BCUT2D eigenvalue weighted by molar-refractivity contribution is 5.93. The SMILES string of the molecule is CCN(CC(C)C(N)=NO)C(=O)c1cc(C)nn1C. The van der Waals surface area contributed by atoms with Crippen LogP contribution in [0.4, 0.5) is 0 Å². The Balaban J connectivity index is 2.86. The molecule has 19 heavy (non-hydrogen) atoms. The number of amidine groups is 1. The Morgan fingerprint density at radius 2 is 2.32 bits per heavy atom. The van der Waals surface area contributed by atoms with Gasteiger partial charge in [-0.15, -0.1) is 0 Å². The summed E-state index contributed by atoms with van der Waals surface area (Å²) in [6, 6.07) is 1.75. The third-order valence-electron chi connectivity index (χ3n) is 3.00. The first-order valence-electron chi connectivity index (χ1n) is 6.18. The molecule has 1 atom stereocenters. The molecule has 3 N–H and O–H groups in total. The van der Waals surface area contributed by atoms with E-state index in [9.17, 15) is 4.79 Å². The third kappa shape index (κ3) is 3.46. The smallest absolute Gasteiger partial charge is 0.272 e. The van der Waals surface area contributed by atoms with Crippen molar-refractivity contribution in [1.82, 2.24) is 14.7 Å². The maximum absolute atomic E-state index is 12.4. The van der Waals surface area contributed by atoms with Gasteiger partial charge in [-0.2, -0.15) is 5.10 Å². The molecule has 0 bridgehead atoms. The topological polar surface area (TPSA) is 96.7 Å². The van der Waals surface area contributed by atoms with Crippen LogP contribution in [0.25, 0.3) is 0 Å². The Morgan fingerprint density at radius 1 is 1.68 bits per heavy atom. The number of rotatable bonds is 5. The van der Waals surface area contributed by atoms with Gasteiger partial charge in [0.1, 0.15) is 11.5 Å². The Labute approximate surface area is 112 Å². The molecule has 0 aliphatic carbocycles. The Hall–Kier alpha value is -2.05. The van der Waals surface area contributed by atoms with Crippen LogP contribution < -0.4 is 5.73 Å². The molecule has 1 unspecified atom stereocenters. The van der Waals surface area contributed by atoms with Gasteiger partial charge in [0, 0.05) is 26.1 Å². The lowest BCUT2D eigenvalue weighted by Gasteiger charge is -2.23. The van der Waals surface area contributed by atoms with E-state index in [0.717, 1.165) is 5.69 Å². The van der Waals surface area contributed by atoms with E-state index in [4.69, 9.17) is 10.9 Å². The van der Waals surface area contributed by atoms with Crippen LogP contribution in [0.2, 0.25) is 0 Å². The van der Waals surface area contributed by atoms with Crippen LogP contribution in [0.3, 0.4) is 0 Å². The van der Waals surface area contributed by atoms with Gasteiger partial charge in [0.2, 0.25) is 0 Å². The number of nitrogens with two attached hydrogens (primary N) is 1. The van der Waals surface area contributed by atoms with Crippen LogP contribution in [-0.4, -0.2) is 44.7 Å². The monoisotopic (exact) mass is 267 g/mol. The second-order valence-electron chi connectivity index (χ2n) is 4.56. The van der Waals surface area contributed by atoms with E-state index in [1.807, 2.05) is 13.8 Å². The Morgan fingerprint density at radius 3 is 2.74 bits per heavy atom. The quantitative estimate of drug-likeness (QED) is 0.353. The van der Waals surface area contributed by atoms with Gasteiger partial charge >= 0.3 is 0 Å². The first kappa shape index (κ1) is 15.0. The lowest BCUT2D eigenvalue weighted by molar-refractivity contribution is 0.0742. The number of aromatic nitrogens is 2. The van der Waals surface area contributed by atoms with Gasteiger partial charge in [-0.05, 0) is 19.9 Å². The van der Waals surface area contributed by atoms with Crippen molar-refractivity contribution in [3.63, 3.8) is 0 Å². The lowest BCUT2D eigenvalue weighted by atomic mass is 10.1. The van der Waals surface area contributed by atoms with Crippen LogP contribution in [0.15, 0.2) is 11.2 Å². The molecule has 7 nitrogen and oxygen atoms in total. The minimum absolute atomic E-state index is 0.108. The number of hydrogen-bond acceptors (Lipinski definition) is 4. The highest BCUT2D eigenvalue weighted by Gasteiger charge is 2.21. The van der Waals surface area contributed by atoms with E-state index in [1.165, 1.54) is 0 Å². The van der Waals surface area contributed by atoms with Crippen LogP contribution >= 0.6 is 0 Å². The van der Waals surface area contributed by atoms with Crippen LogP contribution in [0.5, 0.6) is 0 Å². The molecule has 0 radical (unpaired) electrons. The number of amides is 1. The summed E-state index contributed by atoms with van der Waals surface area (Å²) in [5.74, 6) is -0.196. The fourth-order valence-electron chi connectivity index (χ4n) is 1.85. The Bertz CT molecular complexity index is 480. The zero-order valence-electron chi connectivity index (χ0n) is 11.8. The minimum atomic E-state index is -0.205. The molecule has 1 amide bonds. The second kappa shape index (κ2) is 6.21. The highest BCUT2D eigenvalue weighted by Crippen LogP contribution is 2.09. The molecule has 7 heteroatoms.